The number of nitrogens with zero attached hydrogens (tertiary/aromatic N) is 2. The average Bonchev–Trinajstić information content (AvgIpc) is 2.82. The molecule has 0 bridgehead atoms. The van der Waals surface area contributed by atoms with Crippen LogP contribution in [0.1, 0.15) is 62.7 Å². The van der Waals surface area contributed by atoms with E-state index in [4.69, 9.17) is 4.74 Å². The van der Waals surface area contributed by atoms with E-state index in [0.717, 1.165) is 37.8 Å². The van der Waals surface area contributed by atoms with Crippen molar-refractivity contribution in [2.45, 2.75) is 63.3 Å². The molecule has 0 radical (unpaired) electrons. The molecule has 2 heterocycles. The van der Waals surface area contributed by atoms with Crippen LogP contribution in [0.4, 0.5) is 5.69 Å². The number of benzene rings is 1. The molecular weight excluding hydrogens is 426 g/mol. The maximum Gasteiger partial charge on any atom is 0.253 e. The fourth-order valence-electron chi connectivity index (χ4n) is 5.22. The summed E-state index contributed by atoms with van der Waals surface area (Å²) in [6.45, 7) is 8.13. The number of ether oxygens (including phenoxy) is 1. The van der Waals surface area contributed by atoms with Crippen LogP contribution < -0.4 is 10.2 Å². The Balaban J connectivity index is 1.65. The first-order valence-corrected chi connectivity index (χ1v) is 13.6. The van der Waals surface area contributed by atoms with Crippen LogP contribution in [0.5, 0.6) is 0 Å². The molecule has 1 aromatic rings. The van der Waals surface area contributed by atoms with E-state index in [0.29, 0.717) is 56.8 Å². The second-order valence-corrected chi connectivity index (χ2v) is 11.5. The monoisotopic (exact) mass is 463 g/mol. The summed E-state index contributed by atoms with van der Waals surface area (Å²) < 4.78 is 33.6. The lowest BCUT2D eigenvalue weighted by Crippen LogP contribution is -2.44. The molecular formula is C24H37N3O4S. The van der Waals surface area contributed by atoms with Gasteiger partial charge in [-0.05, 0) is 49.3 Å². The average molecular weight is 464 g/mol. The molecule has 0 spiro atoms. The summed E-state index contributed by atoms with van der Waals surface area (Å²) in [5.41, 5.74) is 1.25. The summed E-state index contributed by atoms with van der Waals surface area (Å²) >= 11 is 0. The number of hydrogen-bond donors (Lipinski definition) is 1. The van der Waals surface area contributed by atoms with Crippen molar-refractivity contribution < 1.29 is 17.9 Å². The van der Waals surface area contributed by atoms with Crippen molar-refractivity contribution in [1.82, 2.24) is 9.62 Å². The number of anilines is 1. The lowest BCUT2D eigenvalue weighted by molar-refractivity contribution is 0.0889. The van der Waals surface area contributed by atoms with Gasteiger partial charge >= 0.3 is 0 Å². The zero-order valence-corrected chi connectivity index (χ0v) is 20.2. The van der Waals surface area contributed by atoms with Crippen molar-refractivity contribution in [1.29, 1.82) is 0 Å². The van der Waals surface area contributed by atoms with Crippen molar-refractivity contribution >= 4 is 21.6 Å². The summed E-state index contributed by atoms with van der Waals surface area (Å²) in [6, 6.07) is 5.19. The quantitative estimate of drug-likeness (QED) is 0.725. The van der Waals surface area contributed by atoms with Crippen LogP contribution >= 0.6 is 0 Å². The molecule has 2 aliphatic heterocycles. The van der Waals surface area contributed by atoms with Gasteiger partial charge in [0.1, 0.15) is 0 Å². The van der Waals surface area contributed by atoms with Gasteiger partial charge in [0.05, 0.1) is 23.7 Å². The molecule has 32 heavy (non-hydrogen) atoms. The van der Waals surface area contributed by atoms with Gasteiger partial charge in [0, 0.05) is 37.9 Å². The van der Waals surface area contributed by atoms with Gasteiger partial charge < -0.3 is 15.0 Å². The second-order valence-electron chi connectivity index (χ2n) is 9.59. The predicted octanol–water partition coefficient (Wildman–Crippen LogP) is 3.25. The Morgan fingerprint density at radius 1 is 1.00 bits per heavy atom. The highest BCUT2D eigenvalue weighted by molar-refractivity contribution is 7.89. The molecule has 1 N–H and O–H groups in total. The minimum absolute atomic E-state index is 0.117. The van der Waals surface area contributed by atoms with Gasteiger partial charge in [-0.1, -0.05) is 33.1 Å². The Kier molecular flexibility index (Phi) is 7.42. The number of nitrogens with one attached hydrogen (secondary N) is 1. The van der Waals surface area contributed by atoms with E-state index in [9.17, 15) is 13.2 Å². The number of piperidine rings is 1. The third-order valence-corrected chi connectivity index (χ3v) is 9.44. The fraction of sp³-hybridized carbons (Fsp3) is 0.708. The van der Waals surface area contributed by atoms with Gasteiger partial charge in [0.15, 0.2) is 0 Å². The van der Waals surface area contributed by atoms with E-state index in [1.165, 1.54) is 6.42 Å². The molecule has 3 atom stereocenters. The maximum absolute atomic E-state index is 13.5. The van der Waals surface area contributed by atoms with E-state index in [2.05, 4.69) is 24.1 Å². The van der Waals surface area contributed by atoms with Gasteiger partial charge in [-0.2, -0.15) is 4.31 Å². The predicted molar refractivity (Wildman–Crippen MR) is 126 cm³/mol. The lowest BCUT2D eigenvalue weighted by atomic mass is 9.78. The molecule has 1 saturated carbocycles. The van der Waals surface area contributed by atoms with E-state index in [-0.39, 0.29) is 16.8 Å². The van der Waals surface area contributed by atoms with Crippen LogP contribution in [0.3, 0.4) is 0 Å². The van der Waals surface area contributed by atoms with Gasteiger partial charge in [-0.15, -0.1) is 0 Å². The Bertz CT molecular complexity index is 908. The minimum atomic E-state index is -3.61. The standard InChI is InChI=1S/C24H37N3O4S/c1-18-7-6-8-22(19(18)2)25-24(28)21-17-20(32(29,30)27-11-4-3-5-12-27)9-10-23(21)26-13-15-31-16-14-26/h9-10,17-19,22H,3-8,11-16H2,1-2H3,(H,25,28). The fourth-order valence-corrected chi connectivity index (χ4v) is 6.77. The zero-order chi connectivity index (χ0) is 22.7. The summed E-state index contributed by atoms with van der Waals surface area (Å²) in [5.74, 6) is 0.798. The Labute approximate surface area is 192 Å². The highest BCUT2D eigenvalue weighted by Gasteiger charge is 2.31. The van der Waals surface area contributed by atoms with E-state index in [1.54, 1.807) is 16.4 Å². The molecule has 3 aliphatic rings. The number of sulfonamides is 1. The molecule has 7 nitrogen and oxygen atoms in total. The van der Waals surface area contributed by atoms with Gasteiger partial charge in [-0.3, -0.25) is 4.79 Å². The number of morpholine rings is 1. The first-order chi connectivity index (χ1) is 15.4. The SMILES string of the molecule is CC1CCCC(NC(=O)c2cc(S(=O)(=O)N3CCCCC3)ccc2N2CCOCC2)C1C. The third-order valence-electron chi connectivity index (χ3n) is 7.54. The highest BCUT2D eigenvalue weighted by Crippen LogP contribution is 2.31. The molecule has 4 rings (SSSR count). The molecule has 8 heteroatoms. The first-order valence-electron chi connectivity index (χ1n) is 12.2. The van der Waals surface area contributed by atoms with Crippen molar-refractivity contribution in [3.8, 4) is 0 Å². The van der Waals surface area contributed by atoms with Crippen LogP contribution in [-0.4, -0.2) is 64.1 Å². The van der Waals surface area contributed by atoms with Crippen LogP contribution in [-0.2, 0) is 14.8 Å². The molecule has 3 unspecified atom stereocenters. The van der Waals surface area contributed by atoms with Gasteiger partial charge in [0.25, 0.3) is 5.91 Å². The Morgan fingerprint density at radius 2 is 1.72 bits per heavy atom. The van der Waals surface area contributed by atoms with Crippen LogP contribution in [0.15, 0.2) is 23.1 Å². The van der Waals surface area contributed by atoms with Crippen molar-refractivity contribution in [3.63, 3.8) is 0 Å². The zero-order valence-electron chi connectivity index (χ0n) is 19.4. The lowest BCUT2D eigenvalue weighted by Gasteiger charge is -2.35. The normalized spacial score (nSPS) is 27.8. The van der Waals surface area contributed by atoms with Gasteiger partial charge in [0.2, 0.25) is 10.0 Å². The summed E-state index contributed by atoms with van der Waals surface area (Å²) in [7, 11) is -3.61. The van der Waals surface area contributed by atoms with Crippen LogP contribution in [0.2, 0.25) is 0 Å². The number of carbonyl (C=O) groups excluding carboxylic acids is 1. The maximum atomic E-state index is 13.5. The van der Waals surface area contributed by atoms with Gasteiger partial charge in [-0.25, -0.2) is 8.42 Å². The molecule has 0 aromatic heterocycles. The van der Waals surface area contributed by atoms with E-state index >= 15 is 0 Å². The first kappa shape index (κ1) is 23.5. The molecule has 3 fully saturated rings. The highest BCUT2D eigenvalue weighted by atomic mass is 32.2. The van der Waals surface area contributed by atoms with E-state index < -0.39 is 10.0 Å². The number of carbonyl (C=O) groups is 1. The van der Waals surface area contributed by atoms with Crippen LogP contribution in [0.25, 0.3) is 0 Å². The molecule has 1 aromatic carbocycles. The van der Waals surface area contributed by atoms with Crippen LogP contribution in [0, 0.1) is 11.8 Å². The Hall–Kier alpha value is -1.64. The Morgan fingerprint density at radius 3 is 2.44 bits per heavy atom. The summed E-state index contributed by atoms with van der Waals surface area (Å²) in [5, 5.41) is 3.25. The molecule has 1 aliphatic carbocycles. The number of amides is 1. The second kappa shape index (κ2) is 10.1. The summed E-state index contributed by atoms with van der Waals surface area (Å²) in [6.07, 6.45) is 6.10. The number of hydrogen-bond acceptors (Lipinski definition) is 5. The smallest absolute Gasteiger partial charge is 0.253 e. The van der Waals surface area contributed by atoms with Crippen molar-refractivity contribution in [3.05, 3.63) is 23.8 Å². The van der Waals surface area contributed by atoms with Crippen molar-refractivity contribution in [2.24, 2.45) is 11.8 Å². The third kappa shape index (κ3) is 4.97. The summed E-state index contributed by atoms with van der Waals surface area (Å²) in [4.78, 5) is 15.8. The van der Waals surface area contributed by atoms with Crippen molar-refractivity contribution in [2.75, 3.05) is 44.3 Å². The molecule has 2 saturated heterocycles. The number of rotatable bonds is 5. The largest absolute Gasteiger partial charge is 0.378 e. The molecule has 1 amide bonds. The molecule has 178 valence electrons. The van der Waals surface area contributed by atoms with E-state index in [1.807, 2.05) is 6.07 Å². The topological polar surface area (TPSA) is 79.0 Å². The minimum Gasteiger partial charge on any atom is -0.378 e.